The van der Waals surface area contributed by atoms with Crippen LogP contribution in [0.4, 0.5) is 17.1 Å². The van der Waals surface area contributed by atoms with E-state index in [1.165, 1.54) is 23.3 Å². The molecule has 1 N–H and O–H groups in total. The van der Waals surface area contributed by atoms with Crippen LogP contribution in [0.5, 0.6) is 0 Å². The minimum absolute atomic E-state index is 0.0751. The maximum atomic E-state index is 12.7. The summed E-state index contributed by atoms with van der Waals surface area (Å²) in [6.07, 6.45) is 3.38. The van der Waals surface area contributed by atoms with Crippen LogP contribution in [0.25, 0.3) is 0 Å². The second-order valence-corrected chi connectivity index (χ2v) is 7.46. The number of non-ortho nitro benzene ring substituents is 1. The number of amides is 2. The molecule has 1 saturated heterocycles. The molecular weight excluding hydrogens is 358 g/mol. The third-order valence-corrected chi connectivity index (χ3v) is 5.58. The maximum Gasteiger partial charge on any atom is 0.271 e. The summed E-state index contributed by atoms with van der Waals surface area (Å²) in [6, 6.07) is 10.4. The van der Waals surface area contributed by atoms with Gasteiger partial charge in [0.05, 0.1) is 16.5 Å². The minimum Gasteiger partial charge on any atom is -0.325 e. The van der Waals surface area contributed by atoms with Crippen molar-refractivity contribution in [1.82, 2.24) is 0 Å². The number of carbonyl (C=O) groups excluding carboxylic acids is 2. The molecule has 2 aromatic carbocycles. The summed E-state index contributed by atoms with van der Waals surface area (Å²) in [5, 5.41) is 13.7. The standard InChI is InChI=1S/C21H21N3O4/c1-13-5-7-18(24(27)28)11-19(13)22-21(26)16-10-20(25)23(12-16)17-8-6-14-3-2-4-15(14)9-17/h5-9,11,16H,2-4,10,12H2,1H3,(H,22,26). The molecule has 4 rings (SSSR count). The van der Waals surface area contributed by atoms with E-state index in [4.69, 9.17) is 0 Å². The highest BCUT2D eigenvalue weighted by Crippen LogP contribution is 2.31. The first kappa shape index (κ1) is 18.2. The molecule has 0 aromatic heterocycles. The van der Waals surface area contributed by atoms with E-state index in [9.17, 15) is 19.7 Å². The van der Waals surface area contributed by atoms with Crippen LogP contribution in [0.2, 0.25) is 0 Å². The van der Waals surface area contributed by atoms with Crippen LogP contribution in [-0.2, 0) is 22.4 Å². The molecule has 28 heavy (non-hydrogen) atoms. The Hall–Kier alpha value is -3.22. The molecule has 2 amide bonds. The Morgan fingerprint density at radius 2 is 1.96 bits per heavy atom. The number of anilines is 2. The molecular formula is C21H21N3O4. The number of carbonyl (C=O) groups is 2. The molecule has 2 aliphatic rings. The molecule has 1 unspecified atom stereocenters. The van der Waals surface area contributed by atoms with Gasteiger partial charge in [-0.2, -0.15) is 0 Å². The predicted molar refractivity (Wildman–Crippen MR) is 105 cm³/mol. The molecule has 7 nitrogen and oxygen atoms in total. The number of aryl methyl sites for hydroxylation is 3. The number of nitrogens with zero attached hydrogens (tertiary/aromatic N) is 2. The number of hydrogen-bond acceptors (Lipinski definition) is 4. The van der Waals surface area contributed by atoms with Gasteiger partial charge >= 0.3 is 0 Å². The van der Waals surface area contributed by atoms with Gasteiger partial charge in [0.2, 0.25) is 11.8 Å². The summed E-state index contributed by atoms with van der Waals surface area (Å²) in [5.41, 5.74) is 4.52. The zero-order valence-electron chi connectivity index (χ0n) is 15.6. The Morgan fingerprint density at radius 3 is 2.75 bits per heavy atom. The fourth-order valence-corrected chi connectivity index (χ4v) is 3.95. The maximum absolute atomic E-state index is 12.7. The average molecular weight is 379 g/mol. The number of hydrogen-bond donors (Lipinski definition) is 1. The second-order valence-electron chi connectivity index (χ2n) is 7.46. The summed E-state index contributed by atoms with van der Waals surface area (Å²) in [6.45, 7) is 2.09. The van der Waals surface area contributed by atoms with E-state index < -0.39 is 10.8 Å². The van der Waals surface area contributed by atoms with E-state index in [2.05, 4.69) is 17.4 Å². The van der Waals surface area contributed by atoms with Gasteiger partial charge in [-0.15, -0.1) is 0 Å². The van der Waals surface area contributed by atoms with Crippen LogP contribution in [0.15, 0.2) is 36.4 Å². The molecule has 1 heterocycles. The first-order valence-electron chi connectivity index (χ1n) is 9.40. The highest BCUT2D eigenvalue weighted by Gasteiger charge is 2.35. The zero-order valence-corrected chi connectivity index (χ0v) is 15.6. The highest BCUT2D eigenvalue weighted by atomic mass is 16.6. The van der Waals surface area contributed by atoms with Crippen molar-refractivity contribution in [2.24, 2.45) is 5.92 Å². The molecule has 7 heteroatoms. The second kappa shape index (κ2) is 7.07. The lowest BCUT2D eigenvalue weighted by atomic mass is 10.1. The van der Waals surface area contributed by atoms with Crippen LogP contribution in [0.3, 0.4) is 0 Å². The van der Waals surface area contributed by atoms with E-state index in [1.807, 2.05) is 6.07 Å². The van der Waals surface area contributed by atoms with E-state index in [-0.39, 0.29) is 23.9 Å². The van der Waals surface area contributed by atoms with Gasteiger partial charge in [0.15, 0.2) is 0 Å². The zero-order chi connectivity index (χ0) is 19.8. The van der Waals surface area contributed by atoms with Crippen molar-refractivity contribution in [3.63, 3.8) is 0 Å². The van der Waals surface area contributed by atoms with Gasteiger partial charge in [0, 0.05) is 30.8 Å². The Balaban J connectivity index is 1.49. The largest absolute Gasteiger partial charge is 0.325 e. The molecule has 144 valence electrons. The molecule has 0 spiro atoms. The molecule has 0 bridgehead atoms. The normalized spacial score (nSPS) is 18.2. The monoisotopic (exact) mass is 379 g/mol. The lowest BCUT2D eigenvalue weighted by Gasteiger charge is -2.18. The third-order valence-electron chi connectivity index (χ3n) is 5.58. The van der Waals surface area contributed by atoms with Crippen molar-refractivity contribution in [2.75, 3.05) is 16.8 Å². The SMILES string of the molecule is Cc1ccc([N+](=O)[O-])cc1NC(=O)C1CC(=O)N(c2ccc3c(c2)CCC3)C1. The van der Waals surface area contributed by atoms with Gasteiger partial charge in [-0.3, -0.25) is 19.7 Å². The van der Waals surface area contributed by atoms with Crippen LogP contribution in [-0.4, -0.2) is 23.3 Å². The number of nitro benzene ring substituents is 1. The molecule has 1 fully saturated rings. The van der Waals surface area contributed by atoms with Crippen molar-refractivity contribution in [2.45, 2.75) is 32.6 Å². The number of nitro groups is 1. The van der Waals surface area contributed by atoms with Gasteiger partial charge in [-0.1, -0.05) is 12.1 Å². The van der Waals surface area contributed by atoms with Crippen LogP contribution in [0, 0.1) is 23.0 Å². The molecule has 2 aromatic rings. The minimum atomic E-state index is -0.496. The summed E-state index contributed by atoms with van der Waals surface area (Å²) in [4.78, 5) is 37.4. The first-order chi connectivity index (χ1) is 13.4. The molecule has 1 atom stereocenters. The summed E-state index contributed by atoms with van der Waals surface area (Å²) < 4.78 is 0. The van der Waals surface area contributed by atoms with E-state index in [1.54, 1.807) is 17.9 Å². The van der Waals surface area contributed by atoms with Gasteiger partial charge in [-0.05, 0) is 55.0 Å². The third kappa shape index (κ3) is 3.35. The van der Waals surface area contributed by atoms with Crippen molar-refractivity contribution in [3.05, 3.63) is 63.2 Å². The fraction of sp³-hybridized carbons (Fsp3) is 0.333. The van der Waals surface area contributed by atoms with Gasteiger partial charge in [0.1, 0.15) is 0 Å². The fourth-order valence-electron chi connectivity index (χ4n) is 3.95. The Bertz CT molecular complexity index is 986. The van der Waals surface area contributed by atoms with Gasteiger partial charge in [0.25, 0.3) is 5.69 Å². The van der Waals surface area contributed by atoms with Crippen LogP contribution in [0.1, 0.15) is 29.5 Å². The molecule has 1 aliphatic heterocycles. The van der Waals surface area contributed by atoms with Crippen molar-refractivity contribution < 1.29 is 14.5 Å². The lowest BCUT2D eigenvalue weighted by molar-refractivity contribution is -0.384. The van der Waals surface area contributed by atoms with E-state index in [0.717, 1.165) is 30.5 Å². The predicted octanol–water partition coefficient (Wildman–Crippen LogP) is 3.38. The average Bonchev–Trinajstić information content (AvgIpc) is 3.29. The molecule has 1 aliphatic carbocycles. The smallest absolute Gasteiger partial charge is 0.271 e. The van der Waals surface area contributed by atoms with Crippen molar-refractivity contribution in [3.8, 4) is 0 Å². The lowest BCUT2D eigenvalue weighted by Crippen LogP contribution is -2.28. The van der Waals surface area contributed by atoms with Crippen LogP contribution < -0.4 is 10.2 Å². The van der Waals surface area contributed by atoms with Crippen molar-refractivity contribution in [1.29, 1.82) is 0 Å². The van der Waals surface area contributed by atoms with E-state index in [0.29, 0.717) is 12.2 Å². The van der Waals surface area contributed by atoms with Gasteiger partial charge in [-0.25, -0.2) is 0 Å². The van der Waals surface area contributed by atoms with Crippen molar-refractivity contribution >= 4 is 28.9 Å². The quantitative estimate of drug-likeness (QED) is 0.651. The first-order valence-corrected chi connectivity index (χ1v) is 9.40. The topological polar surface area (TPSA) is 92.5 Å². The summed E-state index contributed by atoms with van der Waals surface area (Å²) in [7, 11) is 0. The highest BCUT2D eigenvalue weighted by molar-refractivity contribution is 6.03. The summed E-state index contributed by atoms with van der Waals surface area (Å²) >= 11 is 0. The number of nitrogens with one attached hydrogen (secondary N) is 1. The number of rotatable bonds is 4. The van der Waals surface area contributed by atoms with E-state index >= 15 is 0 Å². The number of fused-ring (bicyclic) bond motifs is 1. The molecule has 0 saturated carbocycles. The van der Waals surface area contributed by atoms with Gasteiger partial charge < -0.3 is 10.2 Å². The molecule has 0 radical (unpaired) electrons. The summed E-state index contributed by atoms with van der Waals surface area (Å²) in [5.74, 6) is -0.853. The Labute approximate surface area is 162 Å². The Morgan fingerprint density at radius 1 is 1.18 bits per heavy atom. The Kier molecular flexibility index (Phi) is 4.58. The van der Waals surface area contributed by atoms with Crippen LogP contribution >= 0.6 is 0 Å². The number of benzene rings is 2.